The number of halogens is 1. The lowest BCUT2D eigenvalue weighted by Gasteiger charge is -2.27. The molecule has 2 aromatic rings. The van der Waals surface area contributed by atoms with Gasteiger partial charge >= 0.3 is 0 Å². The average molecular weight is 348 g/mol. The Labute approximate surface area is 147 Å². The number of aromatic nitrogens is 2. The molecule has 6 heteroatoms. The summed E-state index contributed by atoms with van der Waals surface area (Å²) >= 11 is 6.10. The van der Waals surface area contributed by atoms with Gasteiger partial charge in [-0.05, 0) is 12.1 Å². The van der Waals surface area contributed by atoms with Crippen molar-refractivity contribution in [2.75, 3.05) is 6.54 Å². The highest BCUT2D eigenvalue weighted by molar-refractivity contribution is 6.30. The smallest absolute Gasteiger partial charge is 0.225 e. The number of carbonyl (C=O) groups is 1. The molecular formula is C18H22ClN3O2. The molecule has 0 radical (unpaired) electrons. The van der Waals surface area contributed by atoms with Crippen molar-refractivity contribution >= 4 is 17.5 Å². The van der Waals surface area contributed by atoms with E-state index in [1.807, 2.05) is 51.2 Å². The van der Waals surface area contributed by atoms with E-state index in [1.54, 1.807) is 0 Å². The molecule has 5 nitrogen and oxygen atoms in total. The van der Waals surface area contributed by atoms with Crippen LogP contribution in [0.15, 0.2) is 30.5 Å². The lowest BCUT2D eigenvalue weighted by molar-refractivity contribution is -0.129. The Morgan fingerprint density at radius 3 is 2.96 bits per heavy atom. The van der Waals surface area contributed by atoms with Crippen molar-refractivity contribution in [3.05, 3.63) is 41.3 Å². The van der Waals surface area contributed by atoms with Gasteiger partial charge in [-0.15, -0.1) is 0 Å². The van der Waals surface area contributed by atoms with Gasteiger partial charge in [0, 0.05) is 22.5 Å². The van der Waals surface area contributed by atoms with Gasteiger partial charge in [-0.1, -0.05) is 44.5 Å². The van der Waals surface area contributed by atoms with Gasteiger partial charge in [-0.25, -0.2) is 4.98 Å². The quantitative estimate of drug-likeness (QED) is 0.927. The molecule has 3 rings (SSSR count). The summed E-state index contributed by atoms with van der Waals surface area (Å²) < 4.78 is 7.96. The Morgan fingerprint density at radius 2 is 2.25 bits per heavy atom. The maximum absolute atomic E-state index is 12.0. The van der Waals surface area contributed by atoms with E-state index in [1.165, 1.54) is 0 Å². The zero-order valence-corrected chi connectivity index (χ0v) is 14.9. The van der Waals surface area contributed by atoms with Gasteiger partial charge in [0.05, 0.1) is 24.5 Å². The summed E-state index contributed by atoms with van der Waals surface area (Å²) in [4.78, 5) is 16.5. The molecule has 1 amide bonds. The molecule has 1 aliphatic heterocycles. The summed E-state index contributed by atoms with van der Waals surface area (Å²) in [6.07, 6.45) is 1.77. The molecule has 1 aromatic carbocycles. The molecule has 0 spiro atoms. The molecule has 0 saturated heterocycles. The number of amides is 1. The SMILES string of the molecule is CC(C)(C)C(=O)NC[C@H]1Cn2c(-c3cccc(Cl)c3)cnc2CO1. The van der Waals surface area contributed by atoms with Crippen LogP contribution in [0.4, 0.5) is 0 Å². The number of imidazole rings is 1. The van der Waals surface area contributed by atoms with Crippen LogP contribution in [0.2, 0.25) is 5.02 Å². The standard InChI is InChI=1S/C18H22ClN3O2/c1-18(2,3)17(23)21-8-14-10-22-15(9-20-16(22)11-24-14)12-5-4-6-13(19)7-12/h4-7,9,14H,8,10-11H2,1-3H3,(H,21,23)/t14-/m0/s1. The Balaban J connectivity index is 1.74. The number of hydrogen-bond acceptors (Lipinski definition) is 3. The second kappa shape index (κ2) is 6.57. The first-order valence-corrected chi connectivity index (χ1v) is 8.42. The fourth-order valence-electron chi connectivity index (χ4n) is 2.66. The van der Waals surface area contributed by atoms with Crippen molar-refractivity contribution in [2.24, 2.45) is 5.41 Å². The number of rotatable bonds is 3. The maximum Gasteiger partial charge on any atom is 0.225 e. The van der Waals surface area contributed by atoms with E-state index in [2.05, 4.69) is 14.9 Å². The normalized spacial score (nSPS) is 17.4. The Bertz CT molecular complexity index is 749. The van der Waals surface area contributed by atoms with Gasteiger partial charge in [0.2, 0.25) is 5.91 Å². The molecule has 0 aliphatic carbocycles. The molecule has 0 unspecified atom stereocenters. The van der Waals surface area contributed by atoms with Crippen LogP contribution >= 0.6 is 11.6 Å². The van der Waals surface area contributed by atoms with E-state index in [4.69, 9.17) is 16.3 Å². The number of nitrogens with zero attached hydrogens (tertiary/aromatic N) is 2. The Hall–Kier alpha value is -1.85. The third-order valence-corrected chi connectivity index (χ3v) is 4.30. The number of benzene rings is 1. The summed E-state index contributed by atoms with van der Waals surface area (Å²) in [5.41, 5.74) is 1.64. The van der Waals surface area contributed by atoms with Crippen LogP contribution in [-0.4, -0.2) is 28.1 Å². The van der Waals surface area contributed by atoms with Crippen molar-refractivity contribution in [2.45, 2.75) is 40.0 Å². The minimum atomic E-state index is -0.402. The van der Waals surface area contributed by atoms with Gasteiger partial charge in [0.15, 0.2) is 0 Å². The van der Waals surface area contributed by atoms with Crippen LogP contribution in [0.25, 0.3) is 11.3 Å². The van der Waals surface area contributed by atoms with Crippen molar-refractivity contribution in [3.63, 3.8) is 0 Å². The average Bonchev–Trinajstić information content (AvgIpc) is 2.94. The molecule has 1 aromatic heterocycles. The van der Waals surface area contributed by atoms with E-state index in [0.29, 0.717) is 24.7 Å². The number of hydrogen-bond donors (Lipinski definition) is 1. The number of fused-ring (bicyclic) bond motifs is 1. The van der Waals surface area contributed by atoms with Gasteiger partial charge in [-0.3, -0.25) is 4.79 Å². The lowest BCUT2D eigenvalue weighted by Crippen LogP contribution is -2.42. The van der Waals surface area contributed by atoms with E-state index >= 15 is 0 Å². The molecular weight excluding hydrogens is 326 g/mol. The van der Waals surface area contributed by atoms with Crippen LogP contribution in [0, 0.1) is 5.41 Å². The first-order chi connectivity index (χ1) is 11.3. The third kappa shape index (κ3) is 3.62. The van der Waals surface area contributed by atoms with Crippen LogP contribution in [-0.2, 0) is 22.7 Å². The van der Waals surface area contributed by atoms with Crippen molar-refractivity contribution in [1.82, 2.24) is 14.9 Å². The maximum atomic E-state index is 12.0. The van der Waals surface area contributed by atoms with E-state index < -0.39 is 5.41 Å². The van der Waals surface area contributed by atoms with Crippen LogP contribution in [0.5, 0.6) is 0 Å². The van der Waals surface area contributed by atoms with Crippen LogP contribution < -0.4 is 5.32 Å². The largest absolute Gasteiger partial charge is 0.367 e. The minimum absolute atomic E-state index is 0.0255. The summed E-state index contributed by atoms with van der Waals surface area (Å²) in [7, 11) is 0. The zero-order chi connectivity index (χ0) is 17.3. The van der Waals surface area contributed by atoms with Crippen molar-refractivity contribution in [1.29, 1.82) is 0 Å². The lowest BCUT2D eigenvalue weighted by atomic mass is 9.96. The highest BCUT2D eigenvalue weighted by Crippen LogP contribution is 2.26. The second-order valence-electron chi connectivity index (χ2n) is 7.07. The summed E-state index contributed by atoms with van der Waals surface area (Å²) in [5.74, 6) is 0.918. The topological polar surface area (TPSA) is 56.2 Å². The fraction of sp³-hybridized carbons (Fsp3) is 0.444. The molecule has 1 aliphatic rings. The van der Waals surface area contributed by atoms with E-state index in [-0.39, 0.29) is 12.0 Å². The van der Waals surface area contributed by atoms with E-state index in [9.17, 15) is 4.79 Å². The molecule has 128 valence electrons. The monoisotopic (exact) mass is 347 g/mol. The predicted octanol–water partition coefficient (Wildman–Crippen LogP) is 3.26. The van der Waals surface area contributed by atoms with Gasteiger partial charge in [0.25, 0.3) is 0 Å². The molecule has 1 N–H and O–H groups in total. The van der Waals surface area contributed by atoms with Gasteiger partial charge < -0.3 is 14.6 Å². The zero-order valence-electron chi connectivity index (χ0n) is 14.2. The Morgan fingerprint density at radius 1 is 1.46 bits per heavy atom. The fourth-order valence-corrected chi connectivity index (χ4v) is 2.85. The number of carbonyl (C=O) groups excluding carboxylic acids is 1. The van der Waals surface area contributed by atoms with Crippen LogP contribution in [0.3, 0.4) is 0 Å². The Kier molecular flexibility index (Phi) is 4.65. The molecule has 0 bridgehead atoms. The van der Waals surface area contributed by atoms with Crippen molar-refractivity contribution in [3.8, 4) is 11.3 Å². The second-order valence-corrected chi connectivity index (χ2v) is 7.51. The highest BCUT2D eigenvalue weighted by atomic mass is 35.5. The third-order valence-electron chi connectivity index (χ3n) is 4.06. The number of nitrogens with one attached hydrogen (secondary N) is 1. The first-order valence-electron chi connectivity index (χ1n) is 8.05. The predicted molar refractivity (Wildman–Crippen MR) is 93.7 cm³/mol. The highest BCUT2D eigenvalue weighted by Gasteiger charge is 2.26. The summed E-state index contributed by atoms with van der Waals surface area (Å²) in [6, 6.07) is 7.73. The van der Waals surface area contributed by atoms with Gasteiger partial charge in [-0.2, -0.15) is 0 Å². The van der Waals surface area contributed by atoms with Crippen molar-refractivity contribution < 1.29 is 9.53 Å². The van der Waals surface area contributed by atoms with Crippen LogP contribution in [0.1, 0.15) is 26.6 Å². The first kappa shape index (κ1) is 17.0. The number of ether oxygens (including phenoxy) is 1. The molecule has 24 heavy (non-hydrogen) atoms. The minimum Gasteiger partial charge on any atom is -0.367 e. The van der Waals surface area contributed by atoms with Gasteiger partial charge in [0.1, 0.15) is 12.4 Å². The molecule has 2 heterocycles. The van der Waals surface area contributed by atoms with E-state index in [0.717, 1.165) is 17.1 Å². The molecule has 1 atom stereocenters. The molecule has 0 fully saturated rings. The summed E-state index contributed by atoms with van der Waals surface area (Å²) in [6.45, 7) is 7.28. The summed E-state index contributed by atoms with van der Waals surface area (Å²) in [5, 5.41) is 3.66. The molecule has 0 saturated carbocycles.